The van der Waals surface area contributed by atoms with Gasteiger partial charge in [0.05, 0.1) is 26.9 Å². The van der Waals surface area contributed by atoms with Crippen molar-refractivity contribution in [1.29, 1.82) is 0 Å². The highest BCUT2D eigenvalue weighted by Gasteiger charge is 2.12. The molecule has 0 saturated carbocycles. The lowest BCUT2D eigenvalue weighted by atomic mass is 10.0. The van der Waals surface area contributed by atoms with E-state index in [9.17, 15) is 4.79 Å². The van der Waals surface area contributed by atoms with Crippen LogP contribution in [0.1, 0.15) is 29.5 Å². The van der Waals surface area contributed by atoms with Gasteiger partial charge in [0.1, 0.15) is 18.6 Å². The molecule has 1 atom stereocenters. The fourth-order valence-corrected chi connectivity index (χ4v) is 3.36. The number of methoxy groups -OCH3 is 2. The Morgan fingerprint density at radius 3 is 2.19 bits per heavy atom. The molecule has 0 spiro atoms. The standard InChI is InChI=1S/C27H30O5/c1-29-24-12-9-23(10-13-24)19-31-25(16-17-28)14-8-21-11-15-26(27(18-21)30-2)32-20-22-6-4-3-5-7-22/h3-7,9-13,15,17-18,25H,8,14,16,19-20H2,1-2H3/t25-/m0/s1. The van der Waals surface area contributed by atoms with Crippen molar-refractivity contribution in [3.63, 3.8) is 0 Å². The maximum atomic E-state index is 11.1. The van der Waals surface area contributed by atoms with Crippen molar-refractivity contribution >= 4 is 6.29 Å². The molecule has 0 fully saturated rings. The molecule has 0 aliphatic heterocycles. The smallest absolute Gasteiger partial charge is 0.161 e. The third kappa shape index (κ3) is 7.13. The molecule has 168 valence electrons. The van der Waals surface area contributed by atoms with Gasteiger partial charge in [-0.3, -0.25) is 0 Å². The fourth-order valence-electron chi connectivity index (χ4n) is 3.36. The predicted octanol–water partition coefficient (Wildman–Crippen LogP) is 5.39. The second-order valence-corrected chi connectivity index (χ2v) is 7.48. The molecule has 0 N–H and O–H groups in total. The van der Waals surface area contributed by atoms with Gasteiger partial charge in [-0.1, -0.05) is 48.5 Å². The van der Waals surface area contributed by atoms with Crippen LogP contribution in [0.2, 0.25) is 0 Å². The minimum absolute atomic E-state index is 0.144. The molecular formula is C27H30O5. The largest absolute Gasteiger partial charge is 0.497 e. The van der Waals surface area contributed by atoms with Crippen molar-refractivity contribution in [2.45, 2.75) is 38.6 Å². The van der Waals surface area contributed by atoms with E-state index < -0.39 is 0 Å². The molecule has 3 aromatic rings. The molecule has 32 heavy (non-hydrogen) atoms. The summed E-state index contributed by atoms with van der Waals surface area (Å²) in [5, 5.41) is 0. The first-order chi connectivity index (χ1) is 15.7. The average Bonchev–Trinajstić information content (AvgIpc) is 2.85. The molecule has 0 unspecified atom stereocenters. The maximum Gasteiger partial charge on any atom is 0.161 e. The molecule has 0 aliphatic carbocycles. The monoisotopic (exact) mass is 434 g/mol. The highest BCUT2D eigenvalue weighted by Crippen LogP contribution is 2.29. The minimum Gasteiger partial charge on any atom is -0.497 e. The number of benzene rings is 3. The topological polar surface area (TPSA) is 54.0 Å². The molecule has 3 rings (SSSR count). The van der Waals surface area contributed by atoms with E-state index in [4.69, 9.17) is 18.9 Å². The van der Waals surface area contributed by atoms with Crippen molar-refractivity contribution < 1.29 is 23.7 Å². The van der Waals surface area contributed by atoms with Gasteiger partial charge in [-0.15, -0.1) is 0 Å². The Bertz CT molecular complexity index is 954. The fraction of sp³-hybridized carbons (Fsp3) is 0.296. The molecule has 5 nitrogen and oxygen atoms in total. The van der Waals surface area contributed by atoms with Gasteiger partial charge in [-0.05, 0) is 53.8 Å². The van der Waals surface area contributed by atoms with Crippen LogP contribution < -0.4 is 14.2 Å². The lowest BCUT2D eigenvalue weighted by molar-refractivity contribution is -0.110. The normalized spacial score (nSPS) is 11.6. The molecule has 0 radical (unpaired) electrons. The van der Waals surface area contributed by atoms with Crippen molar-refractivity contribution in [2.75, 3.05) is 14.2 Å². The molecule has 0 amide bonds. The van der Waals surface area contributed by atoms with Crippen LogP contribution in [0.5, 0.6) is 17.2 Å². The molecule has 0 saturated heterocycles. The minimum atomic E-state index is -0.144. The second-order valence-electron chi connectivity index (χ2n) is 7.48. The van der Waals surface area contributed by atoms with Gasteiger partial charge in [0, 0.05) is 6.42 Å². The Hall–Kier alpha value is -3.31. The molecule has 0 aliphatic rings. The van der Waals surface area contributed by atoms with Gasteiger partial charge in [-0.25, -0.2) is 0 Å². The van der Waals surface area contributed by atoms with E-state index in [-0.39, 0.29) is 6.10 Å². The number of aldehydes is 1. The Kier molecular flexibility index (Phi) is 9.14. The molecule has 0 aromatic heterocycles. The Balaban J connectivity index is 1.54. The third-order valence-electron chi connectivity index (χ3n) is 5.22. The summed E-state index contributed by atoms with van der Waals surface area (Å²) in [6, 6.07) is 23.7. The number of carbonyl (C=O) groups excluding carboxylic acids is 1. The Morgan fingerprint density at radius 2 is 1.50 bits per heavy atom. The lowest BCUT2D eigenvalue weighted by Crippen LogP contribution is -2.15. The summed E-state index contributed by atoms with van der Waals surface area (Å²) in [6.45, 7) is 0.940. The summed E-state index contributed by atoms with van der Waals surface area (Å²) in [7, 11) is 3.28. The highest BCUT2D eigenvalue weighted by atomic mass is 16.5. The van der Waals surface area contributed by atoms with Crippen molar-refractivity contribution in [1.82, 2.24) is 0 Å². The number of rotatable bonds is 13. The van der Waals surface area contributed by atoms with E-state index in [0.29, 0.717) is 31.1 Å². The first-order valence-corrected chi connectivity index (χ1v) is 10.7. The number of aryl methyl sites for hydroxylation is 1. The third-order valence-corrected chi connectivity index (χ3v) is 5.22. The van der Waals surface area contributed by atoms with Gasteiger partial charge in [0.15, 0.2) is 11.5 Å². The molecule has 0 bridgehead atoms. The zero-order chi connectivity index (χ0) is 22.6. The van der Waals surface area contributed by atoms with E-state index in [2.05, 4.69) is 0 Å². The van der Waals surface area contributed by atoms with Gasteiger partial charge in [0.2, 0.25) is 0 Å². The summed E-state index contributed by atoms with van der Waals surface area (Å²) >= 11 is 0. The van der Waals surface area contributed by atoms with E-state index >= 15 is 0 Å². The molecule has 0 heterocycles. The van der Waals surface area contributed by atoms with Crippen LogP contribution in [0.25, 0.3) is 0 Å². The van der Waals surface area contributed by atoms with Gasteiger partial charge in [0.25, 0.3) is 0 Å². The van der Waals surface area contributed by atoms with E-state index in [1.54, 1.807) is 14.2 Å². The SMILES string of the molecule is COc1ccc(CO[C@H](CC=O)CCc2ccc(OCc3ccccc3)c(OC)c2)cc1. The molecule has 5 heteroatoms. The number of hydrogen-bond donors (Lipinski definition) is 0. The van der Waals surface area contributed by atoms with Crippen molar-refractivity contribution in [3.8, 4) is 17.2 Å². The number of ether oxygens (including phenoxy) is 4. The van der Waals surface area contributed by atoms with Crippen LogP contribution in [0, 0.1) is 0 Å². The molecular weight excluding hydrogens is 404 g/mol. The van der Waals surface area contributed by atoms with Crippen LogP contribution in [-0.4, -0.2) is 26.6 Å². The van der Waals surface area contributed by atoms with E-state index in [1.165, 1.54) is 0 Å². The predicted molar refractivity (Wildman–Crippen MR) is 124 cm³/mol. The number of hydrogen-bond acceptors (Lipinski definition) is 5. The Labute approximate surface area is 189 Å². The summed E-state index contributed by atoms with van der Waals surface area (Å²) in [6.07, 6.45) is 2.65. The summed E-state index contributed by atoms with van der Waals surface area (Å²) < 4.78 is 22.6. The van der Waals surface area contributed by atoms with Crippen LogP contribution in [-0.2, 0) is 29.2 Å². The first kappa shape index (κ1) is 23.4. The van der Waals surface area contributed by atoms with Crippen LogP contribution in [0.3, 0.4) is 0 Å². The van der Waals surface area contributed by atoms with Gasteiger partial charge >= 0.3 is 0 Å². The second kappa shape index (κ2) is 12.5. The average molecular weight is 435 g/mol. The Morgan fingerprint density at radius 1 is 0.781 bits per heavy atom. The van der Waals surface area contributed by atoms with Crippen molar-refractivity contribution in [3.05, 3.63) is 89.5 Å². The van der Waals surface area contributed by atoms with Crippen LogP contribution in [0.4, 0.5) is 0 Å². The zero-order valence-electron chi connectivity index (χ0n) is 18.7. The first-order valence-electron chi connectivity index (χ1n) is 10.7. The van der Waals surface area contributed by atoms with Crippen LogP contribution >= 0.6 is 0 Å². The highest BCUT2D eigenvalue weighted by molar-refractivity contribution is 5.50. The van der Waals surface area contributed by atoms with Crippen molar-refractivity contribution in [2.24, 2.45) is 0 Å². The van der Waals surface area contributed by atoms with Gasteiger partial charge in [-0.2, -0.15) is 0 Å². The van der Waals surface area contributed by atoms with Crippen LogP contribution in [0.15, 0.2) is 72.8 Å². The summed E-state index contributed by atoms with van der Waals surface area (Å²) in [5.41, 5.74) is 3.26. The lowest BCUT2D eigenvalue weighted by Gasteiger charge is -2.17. The zero-order valence-corrected chi connectivity index (χ0v) is 18.7. The van der Waals surface area contributed by atoms with Gasteiger partial charge < -0.3 is 23.7 Å². The quantitative estimate of drug-likeness (QED) is 0.338. The summed E-state index contributed by atoms with van der Waals surface area (Å²) in [4.78, 5) is 11.1. The summed E-state index contributed by atoms with van der Waals surface area (Å²) in [5.74, 6) is 2.22. The maximum absolute atomic E-state index is 11.1. The van der Waals surface area contributed by atoms with E-state index in [1.807, 2.05) is 72.8 Å². The number of carbonyl (C=O) groups is 1. The molecule has 3 aromatic carbocycles. The van der Waals surface area contributed by atoms with E-state index in [0.717, 1.165) is 41.6 Å².